The summed E-state index contributed by atoms with van der Waals surface area (Å²) in [5, 5.41) is 8.55. The highest BCUT2D eigenvalue weighted by Gasteiger charge is 1.91. The number of rotatable bonds is 2. The van der Waals surface area contributed by atoms with Gasteiger partial charge in [-0.25, -0.2) is 0 Å². The van der Waals surface area contributed by atoms with Crippen LogP contribution in [-0.4, -0.2) is 7.11 Å². The first-order valence-electron chi connectivity index (χ1n) is 3.98. The molecule has 0 atom stereocenters. The van der Waals surface area contributed by atoms with Gasteiger partial charge in [0, 0.05) is 5.57 Å². The molecule has 2 heteroatoms. The van der Waals surface area contributed by atoms with Crippen LogP contribution in [-0.2, 0) is 0 Å². The summed E-state index contributed by atoms with van der Waals surface area (Å²) in [7, 11) is 1.63. The first-order chi connectivity index (χ1) is 6.26. The first-order valence-corrected chi connectivity index (χ1v) is 3.98. The van der Waals surface area contributed by atoms with Gasteiger partial charge in [0.25, 0.3) is 0 Å². The number of nitriles is 1. The Balaban J connectivity index is 2.88. The van der Waals surface area contributed by atoms with E-state index < -0.39 is 0 Å². The van der Waals surface area contributed by atoms with E-state index in [1.54, 1.807) is 14.0 Å². The molecule has 0 unspecified atom stereocenters. The molecule has 0 bridgehead atoms. The highest BCUT2D eigenvalue weighted by molar-refractivity contribution is 5.56. The third-order valence-electron chi connectivity index (χ3n) is 1.68. The maximum Gasteiger partial charge on any atom is 0.118 e. The SMILES string of the molecule is COc1ccc(C=C(C)C#N)cc1. The molecule has 0 N–H and O–H groups in total. The Morgan fingerprint density at radius 2 is 2.00 bits per heavy atom. The van der Waals surface area contributed by atoms with E-state index in [0.717, 1.165) is 11.3 Å². The highest BCUT2D eigenvalue weighted by Crippen LogP contribution is 2.13. The van der Waals surface area contributed by atoms with Gasteiger partial charge in [0.05, 0.1) is 13.2 Å². The number of allylic oxidation sites excluding steroid dienone is 1. The van der Waals surface area contributed by atoms with E-state index in [4.69, 9.17) is 10.00 Å². The molecule has 0 spiro atoms. The summed E-state index contributed by atoms with van der Waals surface area (Å²) in [6.07, 6.45) is 1.83. The molecule has 2 nitrogen and oxygen atoms in total. The largest absolute Gasteiger partial charge is 0.497 e. The Hall–Kier alpha value is -1.75. The minimum Gasteiger partial charge on any atom is -0.497 e. The molecule has 1 rings (SSSR count). The first kappa shape index (κ1) is 9.34. The molecule has 13 heavy (non-hydrogen) atoms. The second kappa shape index (κ2) is 4.32. The van der Waals surface area contributed by atoms with Crippen molar-refractivity contribution in [2.75, 3.05) is 7.11 Å². The van der Waals surface area contributed by atoms with Gasteiger partial charge in [0.2, 0.25) is 0 Å². The van der Waals surface area contributed by atoms with Gasteiger partial charge in [-0.15, -0.1) is 0 Å². The van der Waals surface area contributed by atoms with Crippen LogP contribution in [0.4, 0.5) is 0 Å². The number of methoxy groups -OCH3 is 1. The summed E-state index contributed by atoms with van der Waals surface area (Å²) in [5.41, 5.74) is 1.71. The normalized spacial score (nSPS) is 10.7. The Morgan fingerprint density at radius 3 is 2.46 bits per heavy atom. The predicted molar refractivity (Wildman–Crippen MR) is 52.3 cm³/mol. The molecule has 0 aliphatic rings. The van der Waals surface area contributed by atoms with E-state index in [0.29, 0.717) is 5.57 Å². The van der Waals surface area contributed by atoms with Crippen LogP contribution in [0.2, 0.25) is 0 Å². The van der Waals surface area contributed by atoms with Crippen molar-refractivity contribution in [3.8, 4) is 11.8 Å². The lowest BCUT2D eigenvalue weighted by Gasteiger charge is -1.98. The summed E-state index contributed by atoms with van der Waals surface area (Å²) in [5.74, 6) is 0.826. The molecular weight excluding hydrogens is 162 g/mol. The van der Waals surface area contributed by atoms with E-state index >= 15 is 0 Å². The molecule has 0 saturated heterocycles. The van der Waals surface area contributed by atoms with E-state index in [1.165, 1.54) is 0 Å². The van der Waals surface area contributed by atoms with E-state index in [1.807, 2.05) is 30.3 Å². The number of benzene rings is 1. The van der Waals surface area contributed by atoms with Crippen molar-refractivity contribution in [2.45, 2.75) is 6.92 Å². The van der Waals surface area contributed by atoms with E-state index in [9.17, 15) is 0 Å². The van der Waals surface area contributed by atoms with Crippen molar-refractivity contribution in [1.29, 1.82) is 5.26 Å². The van der Waals surface area contributed by atoms with Gasteiger partial charge >= 0.3 is 0 Å². The van der Waals surface area contributed by atoms with Gasteiger partial charge in [-0.1, -0.05) is 12.1 Å². The Kier molecular flexibility index (Phi) is 3.10. The van der Waals surface area contributed by atoms with Gasteiger partial charge in [-0.3, -0.25) is 0 Å². The maximum absolute atomic E-state index is 8.55. The fraction of sp³-hybridized carbons (Fsp3) is 0.182. The molecule has 1 aromatic rings. The van der Waals surface area contributed by atoms with E-state index in [-0.39, 0.29) is 0 Å². The number of nitrogens with zero attached hydrogens (tertiary/aromatic N) is 1. The third-order valence-corrected chi connectivity index (χ3v) is 1.68. The molecule has 0 aliphatic heterocycles. The summed E-state index contributed by atoms with van der Waals surface area (Å²) >= 11 is 0. The van der Waals surface area contributed by atoms with Gasteiger partial charge < -0.3 is 4.74 Å². The number of hydrogen-bond acceptors (Lipinski definition) is 2. The molecule has 0 aliphatic carbocycles. The van der Waals surface area contributed by atoms with Crippen molar-refractivity contribution in [3.05, 3.63) is 35.4 Å². The smallest absolute Gasteiger partial charge is 0.118 e. The minimum absolute atomic E-state index is 0.699. The summed E-state index contributed by atoms with van der Waals surface area (Å²) in [6.45, 7) is 1.78. The quantitative estimate of drug-likeness (QED) is 0.644. The number of ether oxygens (including phenoxy) is 1. The average molecular weight is 173 g/mol. The lowest BCUT2D eigenvalue weighted by molar-refractivity contribution is 0.415. The summed E-state index contributed by atoms with van der Waals surface area (Å²) < 4.78 is 5.01. The molecule has 1 aromatic carbocycles. The molecule has 0 aromatic heterocycles. The van der Waals surface area contributed by atoms with Crippen molar-refractivity contribution in [2.24, 2.45) is 0 Å². The summed E-state index contributed by atoms with van der Waals surface area (Å²) in [6, 6.07) is 9.65. The van der Waals surface area contributed by atoms with Gasteiger partial charge in [-0.2, -0.15) is 5.26 Å². The zero-order valence-corrected chi connectivity index (χ0v) is 7.74. The number of hydrogen-bond donors (Lipinski definition) is 0. The van der Waals surface area contributed by atoms with Crippen LogP contribution in [0.25, 0.3) is 6.08 Å². The van der Waals surface area contributed by atoms with Crippen LogP contribution >= 0.6 is 0 Å². The van der Waals surface area contributed by atoms with Crippen LogP contribution in [0.15, 0.2) is 29.8 Å². The third kappa shape index (κ3) is 2.64. The maximum atomic E-state index is 8.55. The molecular formula is C11H11NO. The minimum atomic E-state index is 0.699. The summed E-state index contributed by atoms with van der Waals surface area (Å²) in [4.78, 5) is 0. The zero-order chi connectivity index (χ0) is 9.68. The van der Waals surface area contributed by atoms with Crippen LogP contribution in [0.3, 0.4) is 0 Å². The Bertz CT molecular complexity index is 343. The van der Waals surface area contributed by atoms with Gasteiger partial charge in [0.15, 0.2) is 0 Å². The average Bonchev–Trinajstić information content (AvgIpc) is 2.19. The van der Waals surface area contributed by atoms with Crippen LogP contribution in [0.5, 0.6) is 5.75 Å². The van der Waals surface area contributed by atoms with Crippen LogP contribution < -0.4 is 4.74 Å². The topological polar surface area (TPSA) is 33.0 Å². The lowest BCUT2D eigenvalue weighted by atomic mass is 10.1. The van der Waals surface area contributed by atoms with Crippen LogP contribution in [0.1, 0.15) is 12.5 Å². The Labute approximate surface area is 78.1 Å². The monoisotopic (exact) mass is 173 g/mol. The van der Waals surface area contributed by atoms with Crippen molar-refractivity contribution >= 4 is 6.08 Å². The molecule has 0 radical (unpaired) electrons. The van der Waals surface area contributed by atoms with Crippen LogP contribution in [0, 0.1) is 11.3 Å². The fourth-order valence-corrected chi connectivity index (χ4v) is 0.982. The molecule has 0 heterocycles. The van der Waals surface area contributed by atoms with Gasteiger partial charge in [-0.05, 0) is 30.7 Å². The van der Waals surface area contributed by atoms with Crippen molar-refractivity contribution < 1.29 is 4.74 Å². The molecule has 0 saturated carbocycles. The fourth-order valence-electron chi connectivity index (χ4n) is 0.982. The van der Waals surface area contributed by atoms with Crippen molar-refractivity contribution in [1.82, 2.24) is 0 Å². The zero-order valence-electron chi connectivity index (χ0n) is 7.74. The molecule has 0 amide bonds. The van der Waals surface area contributed by atoms with Crippen molar-refractivity contribution in [3.63, 3.8) is 0 Å². The Morgan fingerprint density at radius 1 is 1.38 bits per heavy atom. The lowest BCUT2D eigenvalue weighted by Crippen LogP contribution is -1.81. The predicted octanol–water partition coefficient (Wildman–Crippen LogP) is 2.62. The standard InChI is InChI=1S/C11H11NO/c1-9(8-12)7-10-3-5-11(13-2)6-4-10/h3-7H,1-2H3. The van der Waals surface area contributed by atoms with Gasteiger partial charge in [0.1, 0.15) is 5.75 Å². The molecule has 0 fully saturated rings. The highest BCUT2D eigenvalue weighted by atomic mass is 16.5. The molecule has 66 valence electrons. The second-order valence-electron chi connectivity index (χ2n) is 2.71. The second-order valence-corrected chi connectivity index (χ2v) is 2.71. The van der Waals surface area contributed by atoms with E-state index in [2.05, 4.69) is 6.07 Å².